The molecule has 0 radical (unpaired) electrons. The Hall–Kier alpha value is -3.29. The quantitative estimate of drug-likeness (QED) is 0.628. The number of ether oxygens (including phenoxy) is 2. The van der Waals surface area contributed by atoms with E-state index >= 15 is 0 Å². The number of rotatable bonds is 6. The molecule has 0 aliphatic rings. The highest BCUT2D eigenvalue weighted by Crippen LogP contribution is 2.22. The maximum Gasteiger partial charge on any atom is 0.358 e. The molecule has 0 bridgehead atoms. The molecule has 0 unspecified atom stereocenters. The highest BCUT2D eigenvalue weighted by Gasteiger charge is 2.14. The zero-order chi connectivity index (χ0) is 18.5. The second-order valence-electron chi connectivity index (χ2n) is 5.64. The molecule has 3 rings (SSSR count). The van der Waals surface area contributed by atoms with Gasteiger partial charge in [-0.2, -0.15) is 0 Å². The Balaban J connectivity index is 1.73. The van der Waals surface area contributed by atoms with Crippen LogP contribution in [-0.4, -0.2) is 37.8 Å². The van der Waals surface area contributed by atoms with Crippen molar-refractivity contribution >= 4 is 5.97 Å². The van der Waals surface area contributed by atoms with E-state index in [2.05, 4.69) is 20.5 Å². The molecule has 8 nitrogen and oxygen atoms in total. The average Bonchev–Trinajstić information content (AvgIpc) is 3.02. The Labute approximate surface area is 150 Å². The highest BCUT2D eigenvalue weighted by atomic mass is 16.5. The van der Waals surface area contributed by atoms with Gasteiger partial charge in [0, 0.05) is 18.7 Å². The van der Waals surface area contributed by atoms with Crippen LogP contribution in [0.5, 0.6) is 5.88 Å². The first-order chi connectivity index (χ1) is 12.6. The van der Waals surface area contributed by atoms with Crippen LogP contribution in [0, 0.1) is 6.92 Å². The SMILES string of the molecule is CCOC(=O)c1ccc(OCc2c(-c3ccc(C)cc3)nnn2C)nn1. The van der Waals surface area contributed by atoms with E-state index in [0.29, 0.717) is 5.88 Å². The van der Waals surface area contributed by atoms with E-state index in [-0.39, 0.29) is 18.9 Å². The Morgan fingerprint density at radius 1 is 1.08 bits per heavy atom. The first-order valence-corrected chi connectivity index (χ1v) is 8.17. The second-order valence-corrected chi connectivity index (χ2v) is 5.64. The lowest BCUT2D eigenvalue weighted by Crippen LogP contribution is -2.09. The van der Waals surface area contributed by atoms with Crippen LogP contribution in [0.3, 0.4) is 0 Å². The van der Waals surface area contributed by atoms with Crippen molar-refractivity contribution in [3.63, 3.8) is 0 Å². The number of aromatic nitrogens is 5. The molecular weight excluding hydrogens is 334 g/mol. The molecule has 0 aliphatic heterocycles. The smallest absolute Gasteiger partial charge is 0.358 e. The number of benzene rings is 1. The first-order valence-electron chi connectivity index (χ1n) is 8.17. The lowest BCUT2D eigenvalue weighted by atomic mass is 10.1. The molecule has 0 spiro atoms. The summed E-state index contributed by atoms with van der Waals surface area (Å²) < 4.78 is 12.2. The molecule has 8 heteroatoms. The third-order valence-corrected chi connectivity index (χ3v) is 3.75. The van der Waals surface area contributed by atoms with Crippen molar-refractivity contribution in [1.29, 1.82) is 0 Å². The lowest BCUT2D eigenvalue weighted by Gasteiger charge is -2.07. The summed E-state index contributed by atoms with van der Waals surface area (Å²) in [6.07, 6.45) is 0. The van der Waals surface area contributed by atoms with Crippen molar-refractivity contribution in [3.8, 4) is 17.1 Å². The van der Waals surface area contributed by atoms with Gasteiger partial charge in [0.1, 0.15) is 18.0 Å². The predicted octanol–water partition coefficient (Wildman–Crippen LogP) is 2.34. The molecular formula is C18H19N5O3. The van der Waals surface area contributed by atoms with Gasteiger partial charge in [-0.3, -0.25) is 0 Å². The van der Waals surface area contributed by atoms with Gasteiger partial charge in [0.25, 0.3) is 0 Å². The molecule has 0 saturated carbocycles. The molecule has 0 saturated heterocycles. The van der Waals surface area contributed by atoms with Gasteiger partial charge in [0.05, 0.1) is 6.61 Å². The largest absolute Gasteiger partial charge is 0.470 e. The standard InChI is InChI=1S/C18H19N5O3/c1-4-25-18(24)14-9-10-16(20-19-14)26-11-15-17(21-22-23(15)3)13-7-5-12(2)6-8-13/h5-10H,4,11H2,1-3H3. The van der Waals surface area contributed by atoms with E-state index in [1.807, 2.05) is 31.2 Å². The summed E-state index contributed by atoms with van der Waals surface area (Å²) in [5.74, 6) is -0.210. The lowest BCUT2D eigenvalue weighted by molar-refractivity contribution is 0.0517. The highest BCUT2D eigenvalue weighted by molar-refractivity contribution is 5.86. The molecule has 0 atom stereocenters. The molecule has 0 N–H and O–H groups in total. The van der Waals surface area contributed by atoms with Crippen molar-refractivity contribution in [2.45, 2.75) is 20.5 Å². The van der Waals surface area contributed by atoms with Crippen molar-refractivity contribution in [1.82, 2.24) is 25.2 Å². The molecule has 134 valence electrons. The fraction of sp³-hybridized carbons (Fsp3) is 0.278. The van der Waals surface area contributed by atoms with E-state index in [4.69, 9.17) is 9.47 Å². The van der Waals surface area contributed by atoms with Crippen molar-refractivity contribution in [3.05, 3.63) is 53.3 Å². The van der Waals surface area contributed by atoms with Gasteiger partial charge in [-0.05, 0) is 19.9 Å². The minimum Gasteiger partial charge on any atom is -0.470 e. The fourth-order valence-corrected chi connectivity index (χ4v) is 2.33. The molecule has 2 aromatic heterocycles. The number of aryl methyl sites for hydroxylation is 2. The van der Waals surface area contributed by atoms with Gasteiger partial charge >= 0.3 is 5.97 Å². The van der Waals surface area contributed by atoms with Crippen molar-refractivity contribution in [2.24, 2.45) is 7.05 Å². The fourth-order valence-electron chi connectivity index (χ4n) is 2.33. The van der Waals surface area contributed by atoms with Crippen LogP contribution in [0.25, 0.3) is 11.3 Å². The van der Waals surface area contributed by atoms with E-state index in [1.165, 1.54) is 11.6 Å². The Bertz CT molecular complexity index is 888. The van der Waals surface area contributed by atoms with E-state index in [0.717, 1.165) is 17.0 Å². The van der Waals surface area contributed by atoms with Gasteiger partial charge in [0.15, 0.2) is 5.69 Å². The topological polar surface area (TPSA) is 92.0 Å². The zero-order valence-corrected chi connectivity index (χ0v) is 14.8. The maximum absolute atomic E-state index is 11.6. The van der Waals surface area contributed by atoms with Crippen molar-refractivity contribution in [2.75, 3.05) is 6.61 Å². The second kappa shape index (κ2) is 7.73. The van der Waals surface area contributed by atoms with Crippen molar-refractivity contribution < 1.29 is 14.3 Å². The summed E-state index contributed by atoms with van der Waals surface area (Å²) in [6.45, 7) is 4.27. The summed E-state index contributed by atoms with van der Waals surface area (Å²) in [4.78, 5) is 11.6. The normalized spacial score (nSPS) is 10.6. The zero-order valence-electron chi connectivity index (χ0n) is 14.8. The van der Waals surface area contributed by atoms with Crippen LogP contribution in [-0.2, 0) is 18.4 Å². The summed E-state index contributed by atoms with van der Waals surface area (Å²) in [5.41, 5.74) is 3.84. The van der Waals surface area contributed by atoms with Crippen LogP contribution in [0.4, 0.5) is 0 Å². The van der Waals surface area contributed by atoms with Crippen LogP contribution in [0.2, 0.25) is 0 Å². The van der Waals surface area contributed by atoms with Gasteiger partial charge in [-0.15, -0.1) is 15.3 Å². The first kappa shape index (κ1) is 17.5. The maximum atomic E-state index is 11.6. The van der Waals surface area contributed by atoms with Gasteiger partial charge in [-0.1, -0.05) is 35.0 Å². The Morgan fingerprint density at radius 2 is 1.85 bits per heavy atom. The van der Waals surface area contributed by atoms with Gasteiger partial charge < -0.3 is 9.47 Å². The van der Waals surface area contributed by atoms with Gasteiger partial charge in [0.2, 0.25) is 5.88 Å². The third-order valence-electron chi connectivity index (χ3n) is 3.75. The van der Waals surface area contributed by atoms with E-state index < -0.39 is 5.97 Å². The third kappa shape index (κ3) is 3.85. The number of esters is 1. The number of carbonyl (C=O) groups is 1. The number of nitrogens with zero attached hydrogens (tertiary/aromatic N) is 5. The summed E-state index contributed by atoms with van der Waals surface area (Å²) in [6, 6.07) is 11.1. The van der Waals surface area contributed by atoms with Crippen LogP contribution < -0.4 is 4.74 Å². The van der Waals surface area contributed by atoms with Gasteiger partial charge in [-0.25, -0.2) is 9.48 Å². The average molecular weight is 353 g/mol. The number of carbonyl (C=O) groups excluding carboxylic acids is 1. The minimum absolute atomic E-state index is 0.141. The molecule has 0 fully saturated rings. The van der Waals surface area contributed by atoms with Crippen LogP contribution in [0.1, 0.15) is 28.7 Å². The van der Waals surface area contributed by atoms with Crippen LogP contribution in [0.15, 0.2) is 36.4 Å². The Kier molecular flexibility index (Phi) is 5.21. The molecule has 2 heterocycles. The van der Waals surface area contributed by atoms with Crippen LogP contribution >= 0.6 is 0 Å². The summed E-state index contributed by atoms with van der Waals surface area (Å²) in [5, 5.41) is 16.0. The molecule has 0 amide bonds. The number of hydrogen-bond donors (Lipinski definition) is 0. The predicted molar refractivity (Wildman–Crippen MR) is 93.5 cm³/mol. The summed E-state index contributed by atoms with van der Waals surface area (Å²) >= 11 is 0. The summed E-state index contributed by atoms with van der Waals surface area (Å²) in [7, 11) is 1.80. The molecule has 26 heavy (non-hydrogen) atoms. The Morgan fingerprint density at radius 3 is 2.50 bits per heavy atom. The number of hydrogen-bond acceptors (Lipinski definition) is 7. The van der Waals surface area contributed by atoms with E-state index in [1.54, 1.807) is 24.7 Å². The van der Waals surface area contributed by atoms with E-state index in [9.17, 15) is 4.79 Å². The molecule has 0 aliphatic carbocycles. The molecule has 1 aromatic carbocycles. The monoisotopic (exact) mass is 353 g/mol. The molecule has 3 aromatic rings. The minimum atomic E-state index is -0.510.